The minimum absolute atomic E-state index is 0.0756. The van der Waals surface area contributed by atoms with Gasteiger partial charge in [-0.2, -0.15) is 14.0 Å². The minimum atomic E-state index is -3.23. The summed E-state index contributed by atoms with van der Waals surface area (Å²) in [5, 5.41) is 14.8. The number of nitrogens with zero attached hydrogens (tertiary/aromatic N) is 7. The van der Waals surface area contributed by atoms with Gasteiger partial charge < -0.3 is 10.6 Å². The zero-order chi connectivity index (χ0) is 23.3. The number of halogens is 2. The Morgan fingerprint density at radius 1 is 1.38 bits per heavy atom. The van der Waals surface area contributed by atoms with Crippen LogP contribution in [-0.2, 0) is 17.1 Å². The summed E-state index contributed by atoms with van der Waals surface area (Å²) in [4.78, 5) is 25.6. The van der Waals surface area contributed by atoms with Crippen LogP contribution in [0.2, 0.25) is 0 Å². The Kier molecular flexibility index (Phi) is 5.03. The number of primary amides is 1. The zero-order valence-corrected chi connectivity index (χ0v) is 17.9. The molecule has 1 aliphatic heterocycles. The number of aromatic nitrogens is 5. The summed E-state index contributed by atoms with van der Waals surface area (Å²) in [6.45, 7) is 5.31. The number of pyridine rings is 1. The SMILES string of the molecule is Cc1cc(-n2nc(N3CCC(C)(C#N)C3)c3cnc(CC(N)=O)cc32)nc(C(C)(F)F)n1. The van der Waals surface area contributed by atoms with Crippen LogP contribution in [0, 0.1) is 23.7 Å². The van der Waals surface area contributed by atoms with E-state index in [1.807, 2.05) is 11.8 Å². The van der Waals surface area contributed by atoms with Crippen LogP contribution in [0.4, 0.5) is 14.6 Å². The third-order valence-electron chi connectivity index (χ3n) is 5.45. The second-order valence-electron chi connectivity index (χ2n) is 8.49. The molecular formula is C21H22F2N8O. The van der Waals surface area contributed by atoms with Crippen molar-refractivity contribution in [3.8, 4) is 11.9 Å². The molecule has 0 aliphatic carbocycles. The van der Waals surface area contributed by atoms with Gasteiger partial charge in [0.1, 0.15) is 0 Å². The van der Waals surface area contributed by atoms with E-state index in [0.29, 0.717) is 47.6 Å². The highest BCUT2D eigenvalue weighted by Crippen LogP contribution is 2.36. The fraction of sp³-hybridized carbons (Fsp3) is 0.429. The second kappa shape index (κ2) is 7.47. The van der Waals surface area contributed by atoms with Crippen molar-refractivity contribution >= 4 is 22.6 Å². The van der Waals surface area contributed by atoms with Gasteiger partial charge in [0, 0.05) is 38.0 Å². The maximum absolute atomic E-state index is 14.0. The van der Waals surface area contributed by atoms with Gasteiger partial charge in [0.2, 0.25) is 11.7 Å². The monoisotopic (exact) mass is 440 g/mol. The lowest BCUT2D eigenvalue weighted by atomic mass is 9.92. The quantitative estimate of drug-likeness (QED) is 0.645. The number of nitriles is 1. The normalized spacial score (nSPS) is 18.8. The van der Waals surface area contributed by atoms with Gasteiger partial charge in [0.15, 0.2) is 11.6 Å². The predicted molar refractivity (Wildman–Crippen MR) is 112 cm³/mol. The minimum Gasteiger partial charge on any atom is -0.369 e. The van der Waals surface area contributed by atoms with E-state index in [0.717, 1.165) is 6.92 Å². The van der Waals surface area contributed by atoms with Gasteiger partial charge in [-0.15, -0.1) is 5.10 Å². The van der Waals surface area contributed by atoms with Crippen molar-refractivity contribution in [2.75, 3.05) is 18.0 Å². The number of hydrogen-bond donors (Lipinski definition) is 1. The summed E-state index contributed by atoms with van der Waals surface area (Å²) in [5.41, 5.74) is 6.12. The molecule has 4 heterocycles. The highest BCUT2D eigenvalue weighted by molar-refractivity contribution is 5.92. The average Bonchev–Trinajstić information content (AvgIpc) is 3.27. The smallest absolute Gasteiger partial charge is 0.303 e. The molecule has 1 fully saturated rings. The summed E-state index contributed by atoms with van der Waals surface area (Å²) in [6.07, 6.45) is 2.18. The third-order valence-corrected chi connectivity index (χ3v) is 5.45. The fourth-order valence-corrected chi connectivity index (χ4v) is 3.81. The molecule has 1 amide bonds. The molecule has 1 aliphatic rings. The van der Waals surface area contributed by atoms with Gasteiger partial charge in [-0.3, -0.25) is 9.78 Å². The third kappa shape index (κ3) is 3.95. The lowest BCUT2D eigenvalue weighted by Crippen LogP contribution is -2.24. The fourth-order valence-electron chi connectivity index (χ4n) is 3.81. The number of anilines is 1. The van der Waals surface area contributed by atoms with Crippen molar-refractivity contribution in [2.45, 2.75) is 39.5 Å². The predicted octanol–water partition coefficient (Wildman–Crippen LogP) is 2.40. The highest BCUT2D eigenvalue weighted by Gasteiger charge is 2.36. The van der Waals surface area contributed by atoms with Gasteiger partial charge in [-0.05, 0) is 26.3 Å². The van der Waals surface area contributed by atoms with Gasteiger partial charge in [-0.1, -0.05) is 0 Å². The molecule has 0 saturated carbocycles. The van der Waals surface area contributed by atoms with Crippen molar-refractivity contribution in [3.63, 3.8) is 0 Å². The Labute approximate surface area is 182 Å². The van der Waals surface area contributed by atoms with Crippen LogP contribution in [0.25, 0.3) is 16.7 Å². The number of carbonyl (C=O) groups is 1. The average molecular weight is 440 g/mol. The summed E-state index contributed by atoms with van der Waals surface area (Å²) in [5.74, 6) is -3.64. The zero-order valence-electron chi connectivity index (χ0n) is 17.9. The standard InChI is InChI=1S/C21H22F2N8O/c1-12-6-17(28-19(27-12)21(3,22)23)31-15-7-13(8-16(25)32)26-9-14(15)18(29-31)30-5-4-20(2,10-24)11-30/h6-7,9H,4-5,8,11H2,1-3H3,(H2,25,32). The topological polar surface area (TPSA) is 127 Å². The van der Waals surface area contributed by atoms with Crippen molar-refractivity contribution in [2.24, 2.45) is 11.1 Å². The summed E-state index contributed by atoms with van der Waals surface area (Å²) in [7, 11) is 0. The number of rotatable bonds is 5. The number of aryl methyl sites for hydroxylation is 1. The van der Waals surface area contributed by atoms with Crippen molar-refractivity contribution in [1.29, 1.82) is 5.26 Å². The van der Waals surface area contributed by atoms with Gasteiger partial charge >= 0.3 is 5.92 Å². The molecule has 4 rings (SSSR count). The van der Waals surface area contributed by atoms with Gasteiger partial charge in [0.05, 0.1) is 34.5 Å². The number of carbonyl (C=O) groups excluding carboxylic acids is 1. The molecule has 0 bridgehead atoms. The van der Waals surface area contributed by atoms with Crippen LogP contribution < -0.4 is 10.6 Å². The number of nitrogens with two attached hydrogens (primary N) is 1. The van der Waals surface area contributed by atoms with Crippen LogP contribution in [0.3, 0.4) is 0 Å². The molecule has 2 N–H and O–H groups in total. The summed E-state index contributed by atoms with van der Waals surface area (Å²) < 4.78 is 29.4. The maximum Gasteiger partial charge on any atom is 0.303 e. The first kappa shape index (κ1) is 21.5. The van der Waals surface area contributed by atoms with Gasteiger partial charge in [0.25, 0.3) is 0 Å². The van der Waals surface area contributed by atoms with Crippen molar-refractivity contribution in [1.82, 2.24) is 24.7 Å². The van der Waals surface area contributed by atoms with Crippen LogP contribution in [0.5, 0.6) is 0 Å². The van der Waals surface area contributed by atoms with E-state index in [1.54, 1.807) is 25.3 Å². The summed E-state index contributed by atoms with van der Waals surface area (Å²) in [6, 6.07) is 5.55. The maximum atomic E-state index is 14.0. The van der Waals surface area contributed by atoms with Crippen LogP contribution >= 0.6 is 0 Å². The van der Waals surface area contributed by atoms with Crippen LogP contribution in [0.15, 0.2) is 18.3 Å². The number of fused-ring (bicyclic) bond motifs is 1. The Morgan fingerprint density at radius 3 is 2.75 bits per heavy atom. The lowest BCUT2D eigenvalue weighted by Gasteiger charge is -2.17. The lowest BCUT2D eigenvalue weighted by molar-refractivity contribution is -0.117. The highest BCUT2D eigenvalue weighted by atomic mass is 19.3. The largest absolute Gasteiger partial charge is 0.369 e. The number of alkyl halides is 2. The first-order valence-electron chi connectivity index (χ1n) is 10.1. The number of amides is 1. The van der Waals surface area contributed by atoms with Crippen LogP contribution in [0.1, 0.15) is 37.5 Å². The van der Waals surface area contributed by atoms with E-state index in [2.05, 4.69) is 26.1 Å². The molecule has 0 radical (unpaired) electrons. The van der Waals surface area contributed by atoms with E-state index < -0.39 is 23.1 Å². The molecule has 3 aromatic heterocycles. The molecule has 0 aromatic carbocycles. The molecule has 1 atom stereocenters. The van der Waals surface area contributed by atoms with E-state index in [1.165, 1.54) is 4.68 Å². The molecule has 0 spiro atoms. The molecule has 1 saturated heterocycles. The molecule has 166 valence electrons. The Hall–Kier alpha value is -3.68. The Balaban J connectivity index is 1.91. The molecule has 9 nitrogen and oxygen atoms in total. The van der Waals surface area contributed by atoms with Crippen LogP contribution in [-0.4, -0.2) is 43.7 Å². The molecule has 1 unspecified atom stereocenters. The Morgan fingerprint density at radius 2 is 2.12 bits per heavy atom. The first-order valence-corrected chi connectivity index (χ1v) is 10.1. The van der Waals surface area contributed by atoms with E-state index in [4.69, 9.17) is 5.73 Å². The Bertz CT molecular complexity index is 1260. The first-order chi connectivity index (χ1) is 15.0. The van der Waals surface area contributed by atoms with E-state index in [-0.39, 0.29) is 12.2 Å². The van der Waals surface area contributed by atoms with E-state index >= 15 is 0 Å². The number of hydrogen-bond acceptors (Lipinski definition) is 7. The van der Waals surface area contributed by atoms with Gasteiger partial charge in [-0.25, -0.2) is 14.6 Å². The van der Waals surface area contributed by atoms with Crippen molar-refractivity contribution < 1.29 is 13.6 Å². The molecule has 11 heteroatoms. The summed E-state index contributed by atoms with van der Waals surface area (Å²) >= 11 is 0. The van der Waals surface area contributed by atoms with E-state index in [9.17, 15) is 18.8 Å². The second-order valence-corrected chi connectivity index (χ2v) is 8.49. The van der Waals surface area contributed by atoms with Crippen molar-refractivity contribution in [3.05, 3.63) is 35.5 Å². The molecular weight excluding hydrogens is 418 g/mol. The molecule has 3 aromatic rings. The molecule has 32 heavy (non-hydrogen) atoms.